The van der Waals surface area contributed by atoms with Crippen LogP contribution >= 0.6 is 0 Å². The summed E-state index contributed by atoms with van der Waals surface area (Å²) in [5.74, 6) is -5.49. The number of alkyl carbamates (subject to hydrolysis) is 1. The van der Waals surface area contributed by atoms with Crippen LogP contribution in [-0.2, 0) is 35.4 Å². The summed E-state index contributed by atoms with van der Waals surface area (Å²) in [4.78, 5) is 65.1. The van der Waals surface area contributed by atoms with Gasteiger partial charge in [0.25, 0.3) is 11.8 Å². The Balaban J connectivity index is 2.18. The number of rotatable bonds is 7. The molecule has 1 heterocycles. The molecule has 1 aromatic rings. The minimum atomic E-state index is -1.70. The van der Waals surface area contributed by atoms with Crippen LogP contribution in [0.3, 0.4) is 0 Å². The van der Waals surface area contributed by atoms with Gasteiger partial charge in [-0.05, 0) is 11.0 Å². The van der Waals surface area contributed by atoms with E-state index in [-0.39, 0.29) is 19.4 Å². The zero-order valence-corrected chi connectivity index (χ0v) is 16.9. The molecule has 3 amide bonds. The number of hydrogen-bond acceptors (Lipinski definition) is 7. The molecule has 2 rings (SSSR count). The van der Waals surface area contributed by atoms with Gasteiger partial charge in [0, 0.05) is 12.8 Å². The molecular weight excluding hydrogens is 396 g/mol. The number of hydroxylamine groups is 2. The number of carboxylic acid groups (broad SMARTS) is 1. The van der Waals surface area contributed by atoms with E-state index in [4.69, 9.17) is 9.57 Å². The van der Waals surface area contributed by atoms with Gasteiger partial charge in [-0.3, -0.25) is 14.4 Å². The molecule has 10 heteroatoms. The van der Waals surface area contributed by atoms with Crippen molar-refractivity contribution in [3.05, 3.63) is 35.9 Å². The molecule has 0 bridgehead atoms. The molecule has 1 unspecified atom stereocenters. The lowest BCUT2D eigenvalue weighted by Gasteiger charge is -2.33. The SMILES string of the molecule is CC(C)(C)C(C(=O)O)[C@H](NC(=O)OCc1ccccc1)C(=O)ON1C(=O)CCC1=O. The molecule has 2 N–H and O–H groups in total. The van der Waals surface area contributed by atoms with Gasteiger partial charge >= 0.3 is 18.0 Å². The molecule has 0 aromatic heterocycles. The second-order valence-electron chi connectivity index (χ2n) is 7.86. The highest BCUT2D eigenvalue weighted by molar-refractivity contribution is 6.02. The summed E-state index contributed by atoms with van der Waals surface area (Å²) < 4.78 is 5.07. The van der Waals surface area contributed by atoms with Gasteiger partial charge in [0.1, 0.15) is 12.6 Å². The van der Waals surface area contributed by atoms with Crippen LogP contribution in [0.4, 0.5) is 4.79 Å². The first-order valence-electron chi connectivity index (χ1n) is 9.28. The molecule has 1 aromatic carbocycles. The van der Waals surface area contributed by atoms with Gasteiger partial charge in [-0.2, -0.15) is 0 Å². The third-order valence-corrected chi connectivity index (χ3v) is 4.46. The van der Waals surface area contributed by atoms with Crippen LogP contribution in [0.1, 0.15) is 39.2 Å². The lowest BCUT2D eigenvalue weighted by atomic mass is 9.76. The van der Waals surface area contributed by atoms with Crippen LogP contribution in [0, 0.1) is 11.3 Å². The van der Waals surface area contributed by atoms with Gasteiger partial charge in [-0.1, -0.05) is 51.1 Å². The molecule has 1 fully saturated rings. The quantitative estimate of drug-likeness (QED) is 0.635. The highest BCUT2D eigenvalue weighted by Crippen LogP contribution is 2.30. The van der Waals surface area contributed by atoms with E-state index in [9.17, 15) is 29.1 Å². The topological polar surface area (TPSA) is 139 Å². The molecule has 162 valence electrons. The number of nitrogens with zero attached hydrogens (tertiary/aromatic N) is 1. The molecule has 10 nitrogen and oxygen atoms in total. The van der Waals surface area contributed by atoms with E-state index in [1.807, 2.05) is 0 Å². The number of benzene rings is 1. The average molecular weight is 420 g/mol. The van der Waals surface area contributed by atoms with Gasteiger partial charge in [0.15, 0.2) is 0 Å². The number of hydrogen-bond donors (Lipinski definition) is 2. The first-order valence-corrected chi connectivity index (χ1v) is 9.28. The predicted octanol–water partition coefficient (Wildman–Crippen LogP) is 1.64. The van der Waals surface area contributed by atoms with Crippen LogP contribution in [0.2, 0.25) is 0 Å². The molecule has 1 aliphatic rings. The summed E-state index contributed by atoms with van der Waals surface area (Å²) in [6.45, 7) is 4.59. The number of aliphatic carboxylic acids is 1. The lowest BCUT2D eigenvalue weighted by Crippen LogP contribution is -2.54. The molecule has 0 spiro atoms. The molecular formula is C20H24N2O8. The van der Waals surface area contributed by atoms with E-state index < -0.39 is 47.2 Å². The number of amides is 3. The maximum Gasteiger partial charge on any atom is 0.408 e. The number of imide groups is 1. The fourth-order valence-electron chi connectivity index (χ4n) is 2.99. The highest BCUT2D eigenvalue weighted by atomic mass is 16.7. The Morgan fingerprint density at radius 3 is 2.17 bits per heavy atom. The summed E-state index contributed by atoms with van der Waals surface area (Å²) in [5.41, 5.74) is -0.299. The summed E-state index contributed by atoms with van der Waals surface area (Å²) in [7, 11) is 0. The van der Waals surface area contributed by atoms with Crippen molar-refractivity contribution in [3.63, 3.8) is 0 Å². The fraction of sp³-hybridized carbons (Fsp3) is 0.450. The minimum absolute atomic E-state index is 0.106. The zero-order chi connectivity index (χ0) is 22.5. The van der Waals surface area contributed by atoms with Crippen molar-refractivity contribution >= 4 is 29.8 Å². The van der Waals surface area contributed by atoms with Gasteiger partial charge in [-0.15, -0.1) is 5.06 Å². The maximum atomic E-state index is 12.7. The Morgan fingerprint density at radius 2 is 1.67 bits per heavy atom. The van der Waals surface area contributed by atoms with E-state index in [1.54, 1.807) is 51.1 Å². The smallest absolute Gasteiger partial charge is 0.408 e. The number of carboxylic acids is 1. The number of carbonyl (C=O) groups excluding carboxylic acids is 4. The number of ether oxygens (including phenoxy) is 1. The van der Waals surface area contributed by atoms with Gasteiger partial charge in [-0.25, -0.2) is 9.59 Å². The molecule has 30 heavy (non-hydrogen) atoms. The predicted molar refractivity (Wildman–Crippen MR) is 101 cm³/mol. The average Bonchev–Trinajstić information content (AvgIpc) is 2.97. The lowest BCUT2D eigenvalue weighted by molar-refractivity contribution is -0.201. The van der Waals surface area contributed by atoms with Crippen molar-refractivity contribution in [2.24, 2.45) is 11.3 Å². The van der Waals surface area contributed by atoms with E-state index >= 15 is 0 Å². The zero-order valence-electron chi connectivity index (χ0n) is 16.9. The summed E-state index contributed by atoms with van der Waals surface area (Å²) in [5, 5.41) is 12.2. The van der Waals surface area contributed by atoms with Crippen molar-refractivity contribution < 1.29 is 38.7 Å². The Hall–Kier alpha value is -3.43. The monoisotopic (exact) mass is 420 g/mol. The second kappa shape index (κ2) is 9.38. The van der Waals surface area contributed by atoms with E-state index in [0.29, 0.717) is 10.6 Å². The number of carbonyl (C=O) groups is 5. The second-order valence-corrected chi connectivity index (χ2v) is 7.86. The van der Waals surface area contributed by atoms with E-state index in [1.165, 1.54) is 0 Å². The van der Waals surface area contributed by atoms with Crippen molar-refractivity contribution in [2.45, 2.75) is 46.3 Å². The largest absolute Gasteiger partial charge is 0.481 e. The summed E-state index contributed by atoms with van der Waals surface area (Å²) in [6.07, 6.45) is -1.29. The Labute approximate surface area is 173 Å². The van der Waals surface area contributed by atoms with E-state index in [0.717, 1.165) is 0 Å². The van der Waals surface area contributed by atoms with Crippen LogP contribution in [0.25, 0.3) is 0 Å². The summed E-state index contributed by atoms with van der Waals surface area (Å²) in [6, 6.07) is 7.03. The molecule has 2 atom stereocenters. The Morgan fingerprint density at radius 1 is 1.10 bits per heavy atom. The fourth-order valence-corrected chi connectivity index (χ4v) is 2.99. The van der Waals surface area contributed by atoms with Gasteiger partial charge < -0.3 is 20.0 Å². The normalized spacial score (nSPS) is 16.0. The third kappa shape index (κ3) is 5.79. The van der Waals surface area contributed by atoms with Gasteiger partial charge in [0.2, 0.25) is 0 Å². The number of nitrogens with one attached hydrogen (secondary N) is 1. The molecule has 0 radical (unpaired) electrons. The summed E-state index contributed by atoms with van der Waals surface area (Å²) >= 11 is 0. The first-order chi connectivity index (χ1) is 14.0. The van der Waals surface area contributed by atoms with Gasteiger partial charge in [0.05, 0.1) is 5.92 Å². The molecule has 0 saturated carbocycles. The van der Waals surface area contributed by atoms with Crippen LogP contribution in [0.15, 0.2) is 30.3 Å². The standard InChI is InChI=1S/C20H24N2O8/c1-20(2,3)15(17(25)26)16(18(27)30-22-13(23)9-10-14(22)24)21-19(28)29-11-12-7-5-4-6-8-12/h4-8,15-16H,9-11H2,1-3H3,(H,21,28)(H,25,26)/t15?,16-/m0/s1. The molecule has 1 saturated heterocycles. The molecule has 1 aliphatic heterocycles. The Bertz CT molecular complexity index is 815. The molecule has 0 aliphatic carbocycles. The third-order valence-electron chi connectivity index (χ3n) is 4.46. The van der Waals surface area contributed by atoms with Crippen molar-refractivity contribution in [1.29, 1.82) is 0 Å². The van der Waals surface area contributed by atoms with Crippen LogP contribution < -0.4 is 5.32 Å². The highest BCUT2D eigenvalue weighted by Gasteiger charge is 2.46. The van der Waals surface area contributed by atoms with Crippen molar-refractivity contribution in [2.75, 3.05) is 0 Å². The minimum Gasteiger partial charge on any atom is -0.481 e. The van der Waals surface area contributed by atoms with Crippen LogP contribution in [-0.4, -0.2) is 46.1 Å². The van der Waals surface area contributed by atoms with Crippen molar-refractivity contribution in [1.82, 2.24) is 10.4 Å². The first kappa shape index (κ1) is 22.9. The van der Waals surface area contributed by atoms with Crippen LogP contribution in [0.5, 0.6) is 0 Å². The Kier molecular flexibility index (Phi) is 7.14. The maximum absolute atomic E-state index is 12.7. The van der Waals surface area contributed by atoms with E-state index in [2.05, 4.69) is 5.32 Å². The van der Waals surface area contributed by atoms with Crippen molar-refractivity contribution in [3.8, 4) is 0 Å².